The molecule has 144 valence electrons. The van der Waals surface area contributed by atoms with Crippen LogP contribution in [0.15, 0.2) is 65.8 Å². The fourth-order valence-corrected chi connectivity index (χ4v) is 2.59. The third-order valence-corrected chi connectivity index (χ3v) is 4.21. The molecule has 1 heterocycles. The van der Waals surface area contributed by atoms with Crippen molar-refractivity contribution in [1.29, 1.82) is 0 Å². The van der Waals surface area contributed by atoms with Crippen LogP contribution in [0, 0.1) is 0 Å². The summed E-state index contributed by atoms with van der Waals surface area (Å²) in [6, 6.07) is 18.8. The predicted octanol–water partition coefficient (Wildman–Crippen LogP) is 3.94. The van der Waals surface area contributed by atoms with E-state index in [0.29, 0.717) is 5.69 Å². The van der Waals surface area contributed by atoms with Crippen LogP contribution in [0.4, 0.5) is 0 Å². The van der Waals surface area contributed by atoms with Crippen molar-refractivity contribution in [3.63, 3.8) is 0 Å². The lowest BCUT2D eigenvalue weighted by Crippen LogP contribution is -2.21. The minimum absolute atomic E-state index is 0.179. The smallest absolute Gasteiger partial charge is 0.290 e. The molecular weight excluding hydrogens is 352 g/mol. The van der Waals surface area contributed by atoms with Crippen molar-refractivity contribution >= 4 is 12.1 Å². The number of methoxy groups -OCH3 is 1. The summed E-state index contributed by atoms with van der Waals surface area (Å²) >= 11 is 0. The third kappa shape index (κ3) is 4.46. The number of hydrogen-bond acceptors (Lipinski definition) is 4. The molecule has 0 aliphatic carbocycles. The average molecular weight is 376 g/mol. The number of ether oxygens (including phenoxy) is 1. The molecule has 0 atom stereocenters. The highest BCUT2D eigenvalue weighted by Gasteiger charge is 2.23. The Morgan fingerprint density at radius 2 is 1.79 bits per heavy atom. The zero-order valence-corrected chi connectivity index (χ0v) is 16.5. The molecule has 0 spiro atoms. The molecule has 1 N–H and O–H groups in total. The Labute approximate surface area is 164 Å². The van der Waals surface area contributed by atoms with Crippen molar-refractivity contribution in [1.82, 2.24) is 15.2 Å². The number of hydrogen-bond donors (Lipinski definition) is 1. The summed E-state index contributed by atoms with van der Waals surface area (Å²) in [6.07, 6.45) is 1.59. The summed E-state index contributed by atoms with van der Waals surface area (Å²) < 4.78 is 6.78. The first-order valence-electron chi connectivity index (χ1n) is 9.02. The van der Waals surface area contributed by atoms with Crippen LogP contribution in [0.1, 0.15) is 42.5 Å². The maximum Gasteiger partial charge on any atom is 0.290 e. The van der Waals surface area contributed by atoms with Crippen LogP contribution in [0.25, 0.3) is 5.69 Å². The van der Waals surface area contributed by atoms with E-state index < -0.39 is 0 Å². The quantitative estimate of drug-likeness (QED) is 0.542. The van der Waals surface area contributed by atoms with Gasteiger partial charge in [-0.25, -0.2) is 10.1 Å². The van der Waals surface area contributed by atoms with Gasteiger partial charge in [-0.1, -0.05) is 39.0 Å². The fourth-order valence-electron chi connectivity index (χ4n) is 2.59. The minimum atomic E-state index is -0.323. The molecule has 28 heavy (non-hydrogen) atoms. The highest BCUT2D eigenvalue weighted by molar-refractivity contribution is 5.94. The van der Waals surface area contributed by atoms with E-state index >= 15 is 0 Å². The first-order chi connectivity index (χ1) is 13.4. The van der Waals surface area contributed by atoms with Gasteiger partial charge in [0.05, 0.1) is 24.7 Å². The van der Waals surface area contributed by atoms with Gasteiger partial charge in [0.15, 0.2) is 0 Å². The second kappa shape index (κ2) is 8.08. The topological polar surface area (TPSA) is 68.5 Å². The van der Waals surface area contributed by atoms with Crippen LogP contribution < -0.4 is 10.2 Å². The van der Waals surface area contributed by atoms with Gasteiger partial charge in [0.1, 0.15) is 11.4 Å². The molecule has 0 bridgehead atoms. The van der Waals surface area contributed by atoms with Crippen molar-refractivity contribution in [2.45, 2.75) is 26.2 Å². The first-order valence-corrected chi connectivity index (χ1v) is 9.02. The number of aromatic nitrogens is 2. The molecule has 3 aromatic rings. The van der Waals surface area contributed by atoms with Gasteiger partial charge in [-0.2, -0.15) is 10.2 Å². The van der Waals surface area contributed by atoms with Gasteiger partial charge in [0, 0.05) is 5.41 Å². The molecule has 6 heteroatoms. The van der Waals surface area contributed by atoms with Gasteiger partial charge < -0.3 is 4.74 Å². The number of nitrogens with one attached hydrogen (secondary N) is 1. The van der Waals surface area contributed by atoms with Crippen molar-refractivity contribution in [2.24, 2.45) is 5.10 Å². The molecule has 1 amide bonds. The Kier molecular flexibility index (Phi) is 5.59. The van der Waals surface area contributed by atoms with E-state index in [9.17, 15) is 4.79 Å². The number of para-hydroxylation sites is 1. The molecule has 1 aromatic heterocycles. The van der Waals surface area contributed by atoms with E-state index in [1.807, 2.05) is 60.7 Å². The molecule has 2 aromatic carbocycles. The Bertz CT molecular complexity index is 968. The first kappa shape index (κ1) is 19.4. The van der Waals surface area contributed by atoms with Crippen LogP contribution in [0.3, 0.4) is 0 Å². The van der Waals surface area contributed by atoms with Gasteiger partial charge in [-0.15, -0.1) is 0 Å². The molecule has 0 aliphatic rings. The van der Waals surface area contributed by atoms with E-state index in [2.05, 4.69) is 36.4 Å². The third-order valence-electron chi connectivity index (χ3n) is 4.21. The Morgan fingerprint density at radius 1 is 1.11 bits per heavy atom. The molecule has 3 rings (SSSR count). The standard InChI is InChI=1S/C22H24N4O2/c1-22(2,3)20-14-19(26(25-20)17-8-6-5-7-9-17)21(27)24-23-15-16-10-12-18(28-4)13-11-16/h5-15H,1-4H3,(H,24,27)/b23-15+. The number of hydrazone groups is 1. The van der Waals surface area contributed by atoms with Crippen molar-refractivity contribution in [2.75, 3.05) is 7.11 Å². The number of amides is 1. The van der Waals surface area contributed by atoms with Crippen molar-refractivity contribution in [3.8, 4) is 11.4 Å². The second-order valence-corrected chi connectivity index (χ2v) is 7.38. The predicted molar refractivity (Wildman–Crippen MR) is 110 cm³/mol. The Hall–Kier alpha value is -3.41. The summed E-state index contributed by atoms with van der Waals surface area (Å²) in [5.41, 5.74) is 5.35. The van der Waals surface area contributed by atoms with Crippen LogP contribution in [0.5, 0.6) is 5.75 Å². The molecule has 0 fully saturated rings. The lowest BCUT2D eigenvalue weighted by molar-refractivity contribution is 0.0947. The number of benzene rings is 2. The number of carbonyl (C=O) groups excluding carboxylic acids is 1. The number of carbonyl (C=O) groups is 1. The van der Waals surface area contributed by atoms with E-state index in [0.717, 1.165) is 22.7 Å². The summed E-state index contributed by atoms with van der Waals surface area (Å²) in [4.78, 5) is 12.8. The number of nitrogens with zero attached hydrogens (tertiary/aromatic N) is 3. The van der Waals surface area contributed by atoms with Gasteiger partial charge >= 0.3 is 0 Å². The summed E-state index contributed by atoms with van der Waals surface area (Å²) in [5.74, 6) is 0.444. The monoisotopic (exact) mass is 376 g/mol. The van der Waals surface area contributed by atoms with E-state index in [1.54, 1.807) is 18.0 Å². The summed E-state index contributed by atoms with van der Waals surface area (Å²) in [7, 11) is 1.62. The van der Waals surface area contributed by atoms with Gasteiger partial charge in [-0.3, -0.25) is 4.79 Å². The maximum absolute atomic E-state index is 12.8. The SMILES string of the molecule is COc1ccc(/C=N/NC(=O)c2cc(C(C)(C)C)nn2-c2ccccc2)cc1. The van der Waals surface area contributed by atoms with Crippen molar-refractivity contribution in [3.05, 3.63) is 77.6 Å². The lowest BCUT2D eigenvalue weighted by Gasteiger charge is -2.14. The molecular formula is C22H24N4O2. The average Bonchev–Trinajstić information content (AvgIpc) is 3.15. The summed E-state index contributed by atoms with van der Waals surface area (Å²) in [5, 5.41) is 8.72. The van der Waals surface area contributed by atoms with Gasteiger partial charge in [0.25, 0.3) is 5.91 Å². The van der Waals surface area contributed by atoms with E-state index in [4.69, 9.17) is 4.74 Å². The fraction of sp³-hybridized carbons (Fsp3) is 0.227. The van der Waals surface area contributed by atoms with Crippen LogP contribution in [-0.2, 0) is 5.41 Å². The molecule has 0 saturated heterocycles. The Balaban J connectivity index is 1.83. The molecule has 0 radical (unpaired) electrons. The minimum Gasteiger partial charge on any atom is -0.497 e. The summed E-state index contributed by atoms with van der Waals surface area (Å²) in [6.45, 7) is 6.19. The van der Waals surface area contributed by atoms with E-state index in [-0.39, 0.29) is 11.3 Å². The zero-order valence-electron chi connectivity index (χ0n) is 16.5. The number of rotatable bonds is 5. The van der Waals surface area contributed by atoms with Gasteiger partial charge in [0.2, 0.25) is 0 Å². The highest BCUT2D eigenvalue weighted by Crippen LogP contribution is 2.23. The molecule has 6 nitrogen and oxygen atoms in total. The van der Waals surface area contributed by atoms with Crippen LogP contribution in [-0.4, -0.2) is 29.0 Å². The normalized spacial score (nSPS) is 11.6. The highest BCUT2D eigenvalue weighted by atomic mass is 16.5. The maximum atomic E-state index is 12.8. The van der Waals surface area contributed by atoms with Crippen molar-refractivity contribution < 1.29 is 9.53 Å². The van der Waals surface area contributed by atoms with Crippen LogP contribution >= 0.6 is 0 Å². The second-order valence-electron chi connectivity index (χ2n) is 7.38. The molecule has 0 saturated carbocycles. The van der Waals surface area contributed by atoms with Crippen LogP contribution in [0.2, 0.25) is 0 Å². The lowest BCUT2D eigenvalue weighted by atomic mass is 9.92. The largest absolute Gasteiger partial charge is 0.497 e. The van der Waals surface area contributed by atoms with Gasteiger partial charge in [-0.05, 0) is 48.0 Å². The molecule has 0 unspecified atom stereocenters. The molecule has 0 aliphatic heterocycles. The Morgan fingerprint density at radius 3 is 2.39 bits per heavy atom. The zero-order chi connectivity index (χ0) is 20.1. The van der Waals surface area contributed by atoms with E-state index in [1.165, 1.54) is 0 Å².